The van der Waals surface area contributed by atoms with Crippen LogP contribution >= 0.6 is 0 Å². The molecule has 7 nitrogen and oxygen atoms in total. The van der Waals surface area contributed by atoms with Gasteiger partial charge in [0, 0.05) is 6.54 Å². The third-order valence-electron chi connectivity index (χ3n) is 4.40. The number of rotatable bonds is 10. The first-order valence-corrected chi connectivity index (χ1v) is 9.18. The van der Waals surface area contributed by atoms with Crippen LogP contribution in [0.2, 0.25) is 0 Å². The predicted molar refractivity (Wildman–Crippen MR) is 99.8 cm³/mol. The number of benzene rings is 1. The molecule has 0 fully saturated rings. The minimum Gasteiger partial charge on any atom is -0.468 e. The molecule has 28 heavy (non-hydrogen) atoms. The number of aliphatic hydroxyl groups is 1. The summed E-state index contributed by atoms with van der Waals surface area (Å²) in [6.45, 7) is 2.45. The Labute approximate surface area is 163 Å². The van der Waals surface area contributed by atoms with E-state index in [9.17, 15) is 5.11 Å². The highest BCUT2D eigenvalue weighted by atomic mass is 16.7. The summed E-state index contributed by atoms with van der Waals surface area (Å²) in [4.78, 5) is 2.06. The first-order chi connectivity index (χ1) is 13.8. The standard InChI is InChI=1S/C21H23NO6/c23-17(14-24-13-16-5-6-20-21(9-16)28-15-27-20)10-22(11-18-3-1-7-25-18)12-19-4-2-8-26-19/h1-9,17,23H,10-15H2. The van der Waals surface area contributed by atoms with Crippen LogP contribution in [0.3, 0.4) is 0 Å². The predicted octanol–water partition coefficient (Wildman–Crippen LogP) is 3.18. The van der Waals surface area contributed by atoms with Crippen molar-refractivity contribution in [3.05, 3.63) is 72.1 Å². The molecule has 3 aromatic rings. The Morgan fingerprint density at radius 3 is 2.36 bits per heavy atom. The van der Waals surface area contributed by atoms with Crippen molar-refractivity contribution in [1.29, 1.82) is 0 Å². The largest absolute Gasteiger partial charge is 0.468 e. The molecule has 3 heterocycles. The van der Waals surface area contributed by atoms with Crippen LogP contribution in [0.1, 0.15) is 17.1 Å². The van der Waals surface area contributed by atoms with Crippen molar-refractivity contribution in [3.63, 3.8) is 0 Å². The lowest BCUT2D eigenvalue weighted by atomic mass is 10.2. The van der Waals surface area contributed by atoms with Gasteiger partial charge < -0.3 is 28.2 Å². The highest BCUT2D eigenvalue weighted by Crippen LogP contribution is 2.32. The third kappa shape index (κ3) is 4.95. The molecule has 1 aromatic carbocycles. The van der Waals surface area contributed by atoms with E-state index < -0.39 is 6.10 Å². The maximum Gasteiger partial charge on any atom is 0.231 e. The lowest BCUT2D eigenvalue weighted by molar-refractivity contribution is 0.00508. The van der Waals surface area contributed by atoms with Crippen molar-refractivity contribution in [1.82, 2.24) is 4.90 Å². The van der Waals surface area contributed by atoms with Gasteiger partial charge in [0.15, 0.2) is 11.5 Å². The summed E-state index contributed by atoms with van der Waals surface area (Å²) in [5.74, 6) is 3.14. The van der Waals surface area contributed by atoms with Crippen LogP contribution in [-0.2, 0) is 24.4 Å². The average molecular weight is 385 g/mol. The summed E-state index contributed by atoms with van der Waals surface area (Å²) < 4.78 is 27.2. The molecule has 0 amide bonds. The summed E-state index contributed by atoms with van der Waals surface area (Å²) in [5.41, 5.74) is 0.972. The van der Waals surface area contributed by atoms with Gasteiger partial charge in [0.2, 0.25) is 6.79 Å². The molecule has 0 radical (unpaired) electrons. The van der Waals surface area contributed by atoms with Crippen molar-refractivity contribution < 1.29 is 28.2 Å². The fourth-order valence-corrected chi connectivity index (χ4v) is 3.13. The van der Waals surface area contributed by atoms with Gasteiger partial charge in [-0.25, -0.2) is 0 Å². The Balaban J connectivity index is 1.27. The number of hydrogen-bond acceptors (Lipinski definition) is 7. The van der Waals surface area contributed by atoms with E-state index in [4.69, 9.17) is 23.0 Å². The molecule has 1 aliphatic rings. The SMILES string of the molecule is OC(COCc1ccc2c(c1)OCO2)CN(Cc1ccco1)Cc1ccco1. The highest BCUT2D eigenvalue weighted by molar-refractivity contribution is 5.44. The molecule has 0 bridgehead atoms. The molecular weight excluding hydrogens is 362 g/mol. The Morgan fingerprint density at radius 2 is 1.68 bits per heavy atom. The first kappa shape index (κ1) is 18.6. The van der Waals surface area contributed by atoms with Crippen molar-refractivity contribution in [3.8, 4) is 11.5 Å². The Kier molecular flexibility index (Phi) is 5.96. The van der Waals surface area contributed by atoms with Gasteiger partial charge in [0.25, 0.3) is 0 Å². The minimum atomic E-state index is -0.640. The summed E-state index contributed by atoms with van der Waals surface area (Å²) in [6, 6.07) is 13.2. The Morgan fingerprint density at radius 1 is 0.964 bits per heavy atom. The smallest absolute Gasteiger partial charge is 0.231 e. The van der Waals surface area contributed by atoms with Crippen molar-refractivity contribution in [2.24, 2.45) is 0 Å². The normalized spacial score (nSPS) is 13.9. The second kappa shape index (κ2) is 8.97. The topological polar surface area (TPSA) is 77.4 Å². The molecule has 1 atom stereocenters. The van der Waals surface area contributed by atoms with Crippen LogP contribution in [0.5, 0.6) is 11.5 Å². The molecule has 0 saturated carbocycles. The van der Waals surface area contributed by atoms with Crippen molar-refractivity contribution in [2.45, 2.75) is 25.8 Å². The minimum absolute atomic E-state index is 0.223. The molecule has 0 spiro atoms. The molecule has 148 valence electrons. The van der Waals surface area contributed by atoms with E-state index in [1.807, 2.05) is 42.5 Å². The van der Waals surface area contributed by atoms with E-state index in [2.05, 4.69) is 4.90 Å². The number of hydrogen-bond donors (Lipinski definition) is 1. The molecule has 0 aliphatic carbocycles. The fraction of sp³-hybridized carbons (Fsp3) is 0.333. The zero-order valence-electron chi connectivity index (χ0n) is 15.5. The van der Waals surface area contributed by atoms with E-state index in [-0.39, 0.29) is 13.4 Å². The number of aliphatic hydroxyl groups excluding tert-OH is 1. The van der Waals surface area contributed by atoms with Crippen LogP contribution in [0.4, 0.5) is 0 Å². The zero-order chi connectivity index (χ0) is 19.2. The fourth-order valence-electron chi connectivity index (χ4n) is 3.13. The zero-order valence-corrected chi connectivity index (χ0v) is 15.5. The average Bonchev–Trinajstić information content (AvgIpc) is 3.44. The summed E-state index contributed by atoms with van der Waals surface area (Å²) in [6.07, 6.45) is 2.65. The van der Waals surface area contributed by atoms with Crippen molar-refractivity contribution in [2.75, 3.05) is 19.9 Å². The number of ether oxygens (including phenoxy) is 3. The lowest BCUT2D eigenvalue weighted by Crippen LogP contribution is -2.34. The van der Waals surface area contributed by atoms with Gasteiger partial charge in [-0.05, 0) is 42.0 Å². The Hall–Kier alpha value is -2.74. The molecule has 2 aromatic heterocycles. The number of nitrogens with zero attached hydrogens (tertiary/aromatic N) is 1. The Bertz CT molecular complexity index is 810. The van der Waals surface area contributed by atoms with Gasteiger partial charge in [-0.2, -0.15) is 0 Å². The third-order valence-corrected chi connectivity index (χ3v) is 4.40. The molecule has 0 saturated heterocycles. The van der Waals surface area contributed by atoms with Gasteiger partial charge in [-0.1, -0.05) is 6.07 Å². The number of fused-ring (bicyclic) bond motifs is 1. The maximum atomic E-state index is 10.4. The van der Waals surface area contributed by atoms with Gasteiger partial charge in [-0.3, -0.25) is 4.90 Å². The second-order valence-corrected chi connectivity index (χ2v) is 6.68. The lowest BCUT2D eigenvalue weighted by Gasteiger charge is -2.23. The summed E-state index contributed by atoms with van der Waals surface area (Å²) in [5, 5.41) is 10.4. The molecular formula is C21H23NO6. The van der Waals surface area contributed by atoms with E-state index >= 15 is 0 Å². The monoisotopic (exact) mass is 385 g/mol. The van der Waals surface area contributed by atoms with Crippen LogP contribution in [-0.4, -0.2) is 36.1 Å². The van der Waals surface area contributed by atoms with E-state index in [0.717, 1.165) is 28.6 Å². The first-order valence-electron chi connectivity index (χ1n) is 9.18. The van der Waals surface area contributed by atoms with Crippen LogP contribution in [0, 0.1) is 0 Å². The maximum absolute atomic E-state index is 10.4. The van der Waals surface area contributed by atoms with Gasteiger partial charge >= 0.3 is 0 Å². The molecule has 1 unspecified atom stereocenters. The van der Waals surface area contributed by atoms with Crippen molar-refractivity contribution >= 4 is 0 Å². The highest BCUT2D eigenvalue weighted by Gasteiger charge is 2.16. The van der Waals surface area contributed by atoms with E-state index in [1.165, 1.54) is 0 Å². The van der Waals surface area contributed by atoms with Gasteiger partial charge in [0.1, 0.15) is 11.5 Å². The molecule has 4 rings (SSSR count). The summed E-state index contributed by atoms with van der Waals surface area (Å²) in [7, 11) is 0. The van der Waals surface area contributed by atoms with E-state index in [0.29, 0.717) is 26.2 Å². The van der Waals surface area contributed by atoms with Gasteiger partial charge in [-0.15, -0.1) is 0 Å². The van der Waals surface area contributed by atoms with Crippen LogP contribution < -0.4 is 9.47 Å². The van der Waals surface area contributed by atoms with E-state index in [1.54, 1.807) is 12.5 Å². The second-order valence-electron chi connectivity index (χ2n) is 6.68. The molecule has 1 aliphatic heterocycles. The summed E-state index contributed by atoms with van der Waals surface area (Å²) >= 11 is 0. The molecule has 1 N–H and O–H groups in total. The van der Waals surface area contributed by atoms with Gasteiger partial charge in [0.05, 0.1) is 44.9 Å². The number of furan rings is 2. The van der Waals surface area contributed by atoms with Crippen LogP contribution in [0.15, 0.2) is 63.8 Å². The molecule has 7 heteroatoms. The quantitative estimate of drug-likeness (QED) is 0.574. The van der Waals surface area contributed by atoms with Crippen LogP contribution in [0.25, 0.3) is 0 Å².